The van der Waals surface area contributed by atoms with E-state index in [0.29, 0.717) is 0 Å². The van der Waals surface area contributed by atoms with Crippen LogP contribution < -0.4 is 0 Å². The normalized spacial score (nSPS) is 15.3. The van der Waals surface area contributed by atoms with E-state index < -0.39 is 0 Å². The van der Waals surface area contributed by atoms with Gasteiger partial charge in [0.15, 0.2) is 0 Å². The maximum absolute atomic E-state index is 2.40. The summed E-state index contributed by atoms with van der Waals surface area (Å²) >= 11 is 0. The molecule has 2 aliphatic rings. The monoisotopic (exact) mass is 428 g/mol. The van der Waals surface area contributed by atoms with Crippen molar-refractivity contribution in [2.24, 2.45) is 0 Å². The lowest BCUT2D eigenvalue weighted by Gasteiger charge is -2.12. The molecule has 34 heavy (non-hydrogen) atoms. The van der Waals surface area contributed by atoms with Crippen LogP contribution in [0.4, 0.5) is 0 Å². The first-order valence-electron chi connectivity index (χ1n) is 11.9. The summed E-state index contributed by atoms with van der Waals surface area (Å²) in [7, 11) is 0. The van der Waals surface area contributed by atoms with Gasteiger partial charge in [0.1, 0.15) is 0 Å². The van der Waals surface area contributed by atoms with E-state index in [1.807, 2.05) is 0 Å². The molecule has 2 aliphatic carbocycles. The zero-order valence-electron chi connectivity index (χ0n) is 18.5. The van der Waals surface area contributed by atoms with Gasteiger partial charge in [-0.3, -0.25) is 0 Å². The molecule has 0 spiro atoms. The summed E-state index contributed by atoms with van der Waals surface area (Å²) in [6.07, 6.45) is 0. The summed E-state index contributed by atoms with van der Waals surface area (Å²) in [5, 5.41) is 5.16. The Morgan fingerprint density at radius 2 is 0.529 bits per heavy atom. The molecule has 0 aliphatic heterocycles. The van der Waals surface area contributed by atoms with Crippen LogP contribution in [-0.4, -0.2) is 0 Å². The van der Waals surface area contributed by atoms with Crippen LogP contribution >= 0.6 is 0 Å². The van der Waals surface area contributed by atoms with Gasteiger partial charge >= 0.3 is 0 Å². The molecule has 0 N–H and O–H groups in total. The lowest BCUT2D eigenvalue weighted by atomic mass is 9.90. The average Bonchev–Trinajstić information content (AvgIpc) is 3.37. The highest BCUT2D eigenvalue weighted by Gasteiger charge is 2.32. The van der Waals surface area contributed by atoms with Crippen LogP contribution in [0.25, 0.3) is 54.9 Å². The van der Waals surface area contributed by atoms with Gasteiger partial charge in [-0.05, 0) is 101 Å². The molecule has 8 rings (SSSR count). The molecule has 0 saturated heterocycles. The second kappa shape index (κ2) is 6.56. The van der Waals surface area contributed by atoms with Gasteiger partial charge in [0.05, 0.1) is 0 Å². The molecule has 0 heterocycles. The van der Waals surface area contributed by atoms with Crippen molar-refractivity contribution in [2.75, 3.05) is 0 Å². The standard InChI is InChI=1S/C34H20/c1-3-11-23-19-31-29(17-21(23)9-1)25-13-5-7-15-27(25)33(31)34-28-16-8-6-14-26(28)30-18-22-10-2-4-12-24(22)20-32(30)34/h1-20H/b34-33+. The lowest BCUT2D eigenvalue weighted by molar-refractivity contribution is 1.63. The highest BCUT2D eigenvalue weighted by molar-refractivity contribution is 6.20. The van der Waals surface area contributed by atoms with Gasteiger partial charge in [0, 0.05) is 0 Å². The van der Waals surface area contributed by atoms with Gasteiger partial charge < -0.3 is 0 Å². The fraction of sp³-hybridized carbons (Fsp3) is 0. The number of benzene rings is 6. The molecule has 0 aromatic heterocycles. The topological polar surface area (TPSA) is 0 Å². The summed E-state index contributed by atoms with van der Waals surface area (Å²) in [5.74, 6) is 0. The SMILES string of the molecule is c1ccc2c(c1)/C(=C1/c3ccccc3-c3cc4ccccc4cc31)c1cc3ccccc3cc1-2. The van der Waals surface area contributed by atoms with Gasteiger partial charge in [-0.2, -0.15) is 0 Å². The van der Waals surface area contributed by atoms with Crippen molar-refractivity contribution < 1.29 is 0 Å². The van der Waals surface area contributed by atoms with E-state index >= 15 is 0 Å². The number of hydrogen-bond acceptors (Lipinski definition) is 0. The first-order valence-corrected chi connectivity index (χ1v) is 11.9. The molecule has 156 valence electrons. The quantitative estimate of drug-likeness (QED) is 0.226. The fourth-order valence-electron chi connectivity index (χ4n) is 6.04. The van der Waals surface area contributed by atoms with Crippen LogP contribution in [0.5, 0.6) is 0 Å². The van der Waals surface area contributed by atoms with Gasteiger partial charge in [0.25, 0.3) is 0 Å². The molecule has 0 unspecified atom stereocenters. The zero-order valence-corrected chi connectivity index (χ0v) is 18.5. The molecule has 6 aromatic carbocycles. The van der Waals surface area contributed by atoms with Crippen molar-refractivity contribution in [2.45, 2.75) is 0 Å². The second-order valence-corrected chi connectivity index (χ2v) is 9.33. The lowest BCUT2D eigenvalue weighted by Crippen LogP contribution is -1.91. The Bertz CT molecular complexity index is 1710. The maximum atomic E-state index is 2.40. The van der Waals surface area contributed by atoms with E-state index in [1.165, 1.54) is 77.2 Å². The Morgan fingerprint density at radius 3 is 0.912 bits per heavy atom. The van der Waals surface area contributed by atoms with Crippen molar-refractivity contribution in [3.8, 4) is 22.3 Å². The molecular formula is C34H20. The molecule has 6 aromatic rings. The van der Waals surface area contributed by atoms with E-state index in [0.717, 1.165) is 0 Å². The van der Waals surface area contributed by atoms with E-state index in [2.05, 4.69) is 121 Å². The second-order valence-electron chi connectivity index (χ2n) is 9.33. The number of hydrogen-bond donors (Lipinski definition) is 0. The zero-order chi connectivity index (χ0) is 22.2. The third-order valence-electron chi connectivity index (χ3n) is 7.53. The first kappa shape index (κ1) is 18.1. The van der Waals surface area contributed by atoms with Gasteiger partial charge in [-0.1, -0.05) is 97.1 Å². The smallest absolute Gasteiger partial charge is 0.00137 e. The Labute approximate surface area is 198 Å². The van der Waals surface area contributed by atoms with Crippen LogP contribution in [-0.2, 0) is 0 Å². The summed E-state index contributed by atoms with van der Waals surface area (Å²) in [6.45, 7) is 0. The van der Waals surface area contributed by atoms with Crippen LogP contribution in [0, 0.1) is 0 Å². The molecule has 0 bridgehead atoms. The van der Waals surface area contributed by atoms with Crippen LogP contribution in [0.1, 0.15) is 22.3 Å². The summed E-state index contributed by atoms with van der Waals surface area (Å²) in [4.78, 5) is 0. The van der Waals surface area contributed by atoms with Crippen molar-refractivity contribution in [1.82, 2.24) is 0 Å². The van der Waals surface area contributed by atoms with Crippen molar-refractivity contribution in [3.05, 3.63) is 144 Å². The third kappa shape index (κ3) is 2.32. The Balaban J connectivity index is 1.56. The Morgan fingerprint density at radius 1 is 0.235 bits per heavy atom. The van der Waals surface area contributed by atoms with Crippen LogP contribution in [0.3, 0.4) is 0 Å². The third-order valence-corrected chi connectivity index (χ3v) is 7.53. The molecular weight excluding hydrogens is 408 g/mol. The molecule has 0 fully saturated rings. The summed E-state index contributed by atoms with van der Waals surface area (Å²) in [5.41, 5.74) is 13.4. The maximum Gasteiger partial charge on any atom is -0.00137 e. The highest BCUT2D eigenvalue weighted by Crippen LogP contribution is 2.55. The van der Waals surface area contributed by atoms with E-state index in [1.54, 1.807) is 0 Å². The fourth-order valence-corrected chi connectivity index (χ4v) is 6.04. The van der Waals surface area contributed by atoms with Crippen molar-refractivity contribution in [3.63, 3.8) is 0 Å². The Hall–Kier alpha value is -4.42. The largest absolute Gasteiger partial charge is 0.0616 e. The molecule has 0 amide bonds. The minimum absolute atomic E-state index is 1.29. The van der Waals surface area contributed by atoms with Crippen molar-refractivity contribution in [1.29, 1.82) is 0 Å². The van der Waals surface area contributed by atoms with Gasteiger partial charge in [0.2, 0.25) is 0 Å². The molecule has 0 nitrogen and oxygen atoms in total. The Kier molecular flexibility index (Phi) is 3.48. The average molecular weight is 429 g/mol. The molecule has 0 radical (unpaired) electrons. The van der Waals surface area contributed by atoms with Crippen LogP contribution in [0.15, 0.2) is 121 Å². The van der Waals surface area contributed by atoms with E-state index in [-0.39, 0.29) is 0 Å². The molecule has 0 saturated carbocycles. The number of rotatable bonds is 0. The van der Waals surface area contributed by atoms with Gasteiger partial charge in [-0.25, -0.2) is 0 Å². The minimum atomic E-state index is 1.29. The van der Waals surface area contributed by atoms with E-state index in [9.17, 15) is 0 Å². The molecule has 0 heteroatoms. The molecule has 0 atom stereocenters. The predicted octanol–water partition coefficient (Wildman–Crippen LogP) is 8.96. The predicted molar refractivity (Wildman–Crippen MR) is 144 cm³/mol. The highest BCUT2D eigenvalue weighted by atomic mass is 14.3. The summed E-state index contributed by atoms with van der Waals surface area (Å²) in [6, 6.07) is 44.8. The van der Waals surface area contributed by atoms with Crippen LogP contribution in [0.2, 0.25) is 0 Å². The summed E-state index contributed by atoms with van der Waals surface area (Å²) < 4.78 is 0. The minimum Gasteiger partial charge on any atom is -0.0616 e. The van der Waals surface area contributed by atoms with Crippen molar-refractivity contribution >= 4 is 32.7 Å². The van der Waals surface area contributed by atoms with E-state index in [4.69, 9.17) is 0 Å². The first-order chi connectivity index (χ1) is 16.9. The number of fused-ring (bicyclic) bond motifs is 8. The van der Waals surface area contributed by atoms with Gasteiger partial charge in [-0.15, -0.1) is 0 Å².